The second-order valence-electron chi connectivity index (χ2n) is 23.0. The number of aromatic hydroxyl groups is 1. The molecular formula is C67H93BrK2N2O27. The summed E-state index contributed by atoms with van der Waals surface area (Å²) < 4.78 is 112. The van der Waals surface area contributed by atoms with Gasteiger partial charge >= 0.3 is 114 Å². The van der Waals surface area contributed by atoms with Gasteiger partial charge in [0.15, 0.2) is 72.2 Å². The van der Waals surface area contributed by atoms with Crippen LogP contribution in [0, 0.1) is 32.1 Å². The number of rotatable bonds is 29. The summed E-state index contributed by atoms with van der Waals surface area (Å²) in [4.78, 5) is 32.4. The first-order chi connectivity index (χ1) is 47.2. The predicted molar refractivity (Wildman–Crippen MR) is 347 cm³/mol. The summed E-state index contributed by atoms with van der Waals surface area (Å²) >= 11 is 3.55. The van der Waals surface area contributed by atoms with E-state index in [2.05, 4.69) is 27.7 Å². The SMILES string of the molecule is COC1OC(CBr)[C@@H](C)[C@H](OC2CCCCO2)[C@H]1OC1CCCCO1.COc1cccc(OCCOc2ccccc2[N+](=O)[O-])c1O.COc1cccc(OCCOc2ccccc2[N+](=O)[O-])c1OCC1OC(OC)[C@H](OC2CCCCO2)[C@@H](OC2CCCCO2)[C@@H]1C.O=CO[O-].[H-].[K+].[K+]. The van der Waals surface area contributed by atoms with Gasteiger partial charge in [-0.05, 0) is 113 Å². The molecule has 4 aromatic carbocycles. The van der Waals surface area contributed by atoms with Gasteiger partial charge < -0.3 is 107 Å². The van der Waals surface area contributed by atoms with Crippen molar-refractivity contribution >= 4 is 33.8 Å². The van der Waals surface area contributed by atoms with Crippen LogP contribution in [0.5, 0.6) is 46.0 Å². The van der Waals surface area contributed by atoms with Gasteiger partial charge in [0, 0.05) is 69.9 Å². The van der Waals surface area contributed by atoms with Gasteiger partial charge in [-0.1, -0.05) is 66.2 Å². The van der Waals surface area contributed by atoms with Crippen molar-refractivity contribution in [1.82, 2.24) is 0 Å². The van der Waals surface area contributed by atoms with Crippen LogP contribution < -0.4 is 141 Å². The first-order valence-corrected chi connectivity index (χ1v) is 33.7. The number of para-hydroxylation sites is 6. The monoisotopic (exact) mass is 1510 g/mol. The van der Waals surface area contributed by atoms with Gasteiger partial charge in [-0.3, -0.25) is 25.0 Å². The zero-order valence-electron chi connectivity index (χ0n) is 58.6. The molecule has 99 heavy (non-hydrogen) atoms. The average Bonchev–Trinajstić information content (AvgIpc) is 0.796. The van der Waals surface area contributed by atoms with E-state index in [1.807, 2.05) is 6.92 Å². The molecule has 32 heteroatoms. The van der Waals surface area contributed by atoms with E-state index in [0.29, 0.717) is 36.2 Å². The molecule has 0 saturated carbocycles. The normalized spacial score (nSPS) is 26.5. The van der Waals surface area contributed by atoms with Crippen molar-refractivity contribution < 1.29 is 224 Å². The fraction of sp³-hybridized carbons (Fsp3) is 0.627. The van der Waals surface area contributed by atoms with Gasteiger partial charge in [-0.25, -0.2) is 0 Å². The van der Waals surface area contributed by atoms with E-state index < -0.39 is 40.7 Å². The second kappa shape index (κ2) is 48.0. The molecule has 0 spiro atoms. The number of nitrogens with zero attached hydrogens (tertiary/aromatic N) is 2. The number of carbonyl (C=O) groups is 1. The number of carbonyl (C=O) groups excluding carboxylic acids is 1. The molecule has 0 bridgehead atoms. The predicted octanol–water partition coefficient (Wildman–Crippen LogP) is 3.81. The summed E-state index contributed by atoms with van der Waals surface area (Å²) in [6.45, 7) is 7.36. The molecule has 10 rings (SSSR count). The number of ether oxygens (including phenoxy) is 19. The van der Waals surface area contributed by atoms with Gasteiger partial charge in [-0.2, -0.15) is 0 Å². The van der Waals surface area contributed by atoms with Crippen molar-refractivity contribution in [1.29, 1.82) is 0 Å². The number of benzene rings is 4. The third kappa shape index (κ3) is 27.3. The van der Waals surface area contributed by atoms with Crippen molar-refractivity contribution in [2.24, 2.45) is 11.8 Å². The fourth-order valence-corrected chi connectivity index (χ4v) is 12.2. The van der Waals surface area contributed by atoms with Crippen molar-refractivity contribution in [3.05, 3.63) is 105 Å². The van der Waals surface area contributed by atoms with Gasteiger partial charge in [0.1, 0.15) is 45.2 Å². The first kappa shape index (κ1) is 86.4. The summed E-state index contributed by atoms with van der Waals surface area (Å²) in [6.07, 6.45) is 7.80. The number of nitro benzene ring substituents is 2. The molecule has 0 radical (unpaired) electrons. The molecule has 1 N–H and O–H groups in total. The molecule has 6 aliphatic rings. The van der Waals surface area contributed by atoms with Crippen LogP contribution in [0.15, 0.2) is 84.9 Å². The van der Waals surface area contributed by atoms with Crippen LogP contribution in [-0.2, 0) is 66.5 Å². The Morgan fingerprint density at radius 2 is 0.859 bits per heavy atom. The average molecular weight is 1520 g/mol. The summed E-state index contributed by atoms with van der Waals surface area (Å²) in [6, 6.07) is 22.5. The molecule has 542 valence electrons. The Labute approximate surface area is 672 Å². The topological polar surface area (TPSA) is 331 Å². The van der Waals surface area contributed by atoms with Crippen LogP contribution in [0.3, 0.4) is 0 Å². The van der Waals surface area contributed by atoms with Gasteiger partial charge in [-0.15, -0.1) is 0 Å². The molecule has 8 unspecified atom stereocenters. The summed E-state index contributed by atoms with van der Waals surface area (Å²) in [7, 11) is 6.23. The van der Waals surface area contributed by atoms with E-state index in [9.17, 15) is 25.3 Å². The van der Waals surface area contributed by atoms with E-state index >= 15 is 0 Å². The quantitative estimate of drug-likeness (QED) is 0.0154. The largest absolute Gasteiger partial charge is 1.00 e. The third-order valence-corrected chi connectivity index (χ3v) is 17.2. The number of phenols is 1. The van der Waals surface area contributed by atoms with Gasteiger partial charge in [0.25, 0.3) is 6.47 Å². The number of nitro groups is 2. The van der Waals surface area contributed by atoms with Crippen LogP contribution in [0.2, 0.25) is 0 Å². The number of halogens is 1. The number of alkyl halides is 1. The maximum atomic E-state index is 11.3. The van der Waals surface area contributed by atoms with Crippen LogP contribution in [0.1, 0.15) is 92.3 Å². The Kier molecular flexibility index (Phi) is 41.9. The zero-order valence-corrected chi connectivity index (χ0v) is 65.5. The van der Waals surface area contributed by atoms with E-state index in [1.54, 1.807) is 88.1 Å². The van der Waals surface area contributed by atoms with Crippen molar-refractivity contribution in [2.45, 2.75) is 165 Å². The molecule has 0 amide bonds. The zero-order chi connectivity index (χ0) is 69.3. The third-order valence-electron chi connectivity index (χ3n) is 16.5. The summed E-state index contributed by atoms with van der Waals surface area (Å²) in [5, 5.41) is 41.1. The molecule has 14 atom stereocenters. The minimum atomic E-state index is -0.725. The Balaban J connectivity index is 0.000000332. The fourth-order valence-electron chi connectivity index (χ4n) is 11.4. The summed E-state index contributed by atoms with van der Waals surface area (Å²) in [5.74, 6) is 2.08. The van der Waals surface area contributed by atoms with Gasteiger partial charge in [0.05, 0.1) is 48.5 Å². The van der Waals surface area contributed by atoms with E-state index in [1.165, 1.54) is 25.3 Å². The maximum absolute atomic E-state index is 11.3. The number of hydrogen-bond donors (Lipinski definition) is 1. The number of hydrogen-bond acceptors (Lipinski definition) is 27. The Morgan fingerprint density at radius 1 is 0.505 bits per heavy atom. The molecular weight excluding hydrogens is 1420 g/mol. The molecule has 0 aromatic heterocycles. The molecule has 6 heterocycles. The molecule has 6 fully saturated rings. The molecule has 0 aliphatic carbocycles. The van der Waals surface area contributed by atoms with E-state index in [0.717, 1.165) is 95.6 Å². The van der Waals surface area contributed by atoms with Crippen LogP contribution in [0.4, 0.5) is 11.4 Å². The second-order valence-corrected chi connectivity index (χ2v) is 23.6. The molecule has 6 saturated heterocycles. The molecule has 4 aromatic rings. The van der Waals surface area contributed by atoms with Crippen molar-refractivity contribution in [2.75, 3.05) is 93.2 Å². The van der Waals surface area contributed by atoms with E-state index in [4.69, 9.17) is 100 Å². The number of phenolic OH excluding ortho intramolecular Hbond substituents is 1. The molecule has 29 nitrogen and oxygen atoms in total. The van der Waals surface area contributed by atoms with Crippen molar-refractivity contribution in [3.63, 3.8) is 0 Å². The Morgan fingerprint density at radius 3 is 1.24 bits per heavy atom. The van der Waals surface area contributed by atoms with Crippen LogP contribution in [-0.4, -0.2) is 189 Å². The first-order valence-electron chi connectivity index (χ1n) is 32.6. The minimum absolute atomic E-state index is 0. The van der Waals surface area contributed by atoms with E-state index in [-0.39, 0.29) is 233 Å². The van der Waals surface area contributed by atoms with Crippen molar-refractivity contribution in [3.8, 4) is 46.0 Å². The summed E-state index contributed by atoms with van der Waals surface area (Å²) in [5.41, 5.74) is -0.216. The Bertz CT molecular complexity index is 2940. The smallest absolute Gasteiger partial charge is 1.00 e. The van der Waals surface area contributed by atoms with Crippen LogP contribution >= 0.6 is 15.9 Å². The van der Waals surface area contributed by atoms with Crippen LogP contribution in [0.25, 0.3) is 0 Å². The minimum Gasteiger partial charge on any atom is -1.00 e. The molecule has 6 aliphatic heterocycles. The number of methoxy groups -OCH3 is 4. The standard InChI is InChI=1S/C33H45NO12.C18H31BrO6.C15H15NO6.CH2O3.2K.H/c1-22-27(44-33(38-3)32(46-29-16-7-9-18-42-29)30(22)45-28-15-6-8-17-41-28)21-43-31-25(37-2)13-10-14-26(31)40-20-19-39-24-12-5-4-11-23(24)34(35)36;1-12-13(11-19)23-18(20-2)17(25-15-8-4-6-10-22-15)16(12)24-14-7-3-5-9-21-14;1-20-13-7-4-8-14(15(13)17)22-10-9-21-12-6-3-2-5-11(12)16(18)19;2-1-4-3;;;/h4-5,10-14,22,27-30,32-33H,6-9,15-21H2,1-3H3;12-18H,3-11H2,1-2H3;2-8,17H,9-10H2,1H3;1,3H;;;/q;;;;2*+1;-1/p-1/t22-,27?,28?,29?,30+,32-,33?;12-,13?,14?,15?,16+,17-,18?;;;;;/m11...../s1. The maximum Gasteiger partial charge on any atom is 1.00 e. The van der Waals surface area contributed by atoms with Gasteiger partial charge in [0.2, 0.25) is 11.5 Å². The Hall–Kier alpha value is -3.22.